The summed E-state index contributed by atoms with van der Waals surface area (Å²) in [5.41, 5.74) is 7.12. The van der Waals surface area contributed by atoms with Crippen molar-refractivity contribution >= 4 is 0 Å². The van der Waals surface area contributed by atoms with E-state index in [9.17, 15) is 20.4 Å². The molecule has 0 bridgehead atoms. The molecule has 0 saturated carbocycles. The quantitative estimate of drug-likeness (QED) is 0.649. The molecule has 1 heterocycles. The summed E-state index contributed by atoms with van der Waals surface area (Å²) in [7, 11) is 0. The molecule has 27 heavy (non-hydrogen) atoms. The topological polar surface area (TPSA) is 90.2 Å². The Kier molecular flexibility index (Phi) is 5.05. The Labute approximate surface area is 158 Å². The van der Waals surface area contributed by atoms with Gasteiger partial charge < -0.3 is 25.2 Å². The molecule has 0 amide bonds. The van der Waals surface area contributed by atoms with Gasteiger partial charge in [-0.25, -0.2) is 0 Å². The van der Waals surface area contributed by atoms with Gasteiger partial charge in [-0.1, -0.05) is 36.4 Å². The number of aryl methyl sites for hydroxylation is 3. The molecule has 0 radical (unpaired) electrons. The second-order valence-electron chi connectivity index (χ2n) is 7.72. The van der Waals surface area contributed by atoms with Crippen LogP contribution in [0.2, 0.25) is 0 Å². The largest absolute Gasteiger partial charge is 0.394 e. The van der Waals surface area contributed by atoms with Crippen molar-refractivity contribution in [2.45, 2.75) is 56.7 Å². The van der Waals surface area contributed by atoms with Gasteiger partial charge in [0.2, 0.25) is 0 Å². The molecular formula is C22H26O5. The molecule has 0 aromatic heterocycles. The average molecular weight is 370 g/mol. The molecule has 5 heteroatoms. The van der Waals surface area contributed by atoms with E-state index in [-0.39, 0.29) is 0 Å². The van der Waals surface area contributed by atoms with Crippen molar-refractivity contribution in [1.29, 1.82) is 0 Å². The maximum absolute atomic E-state index is 10.4. The van der Waals surface area contributed by atoms with Gasteiger partial charge in [-0.05, 0) is 59.6 Å². The first-order valence-electron chi connectivity index (χ1n) is 9.48. The number of benzene rings is 2. The van der Waals surface area contributed by atoms with Crippen molar-refractivity contribution in [3.63, 3.8) is 0 Å². The van der Waals surface area contributed by atoms with E-state index in [1.807, 2.05) is 25.1 Å². The van der Waals surface area contributed by atoms with Crippen molar-refractivity contribution in [3.05, 3.63) is 69.8 Å². The van der Waals surface area contributed by atoms with Gasteiger partial charge in [-0.3, -0.25) is 0 Å². The molecule has 144 valence electrons. The van der Waals surface area contributed by atoms with Gasteiger partial charge in [0.25, 0.3) is 0 Å². The summed E-state index contributed by atoms with van der Waals surface area (Å²) < 4.78 is 5.70. The molecule has 0 unspecified atom stereocenters. The summed E-state index contributed by atoms with van der Waals surface area (Å²) in [4.78, 5) is 0. The third kappa shape index (κ3) is 3.42. The highest BCUT2D eigenvalue weighted by Gasteiger charge is 2.43. The SMILES string of the molecule is Cc1ccc([C@@H]2O[C@H](CO)[C@@H](O)[C@H](O)[C@H]2O)cc1Cc1ccc2c(c1)CC2. The van der Waals surface area contributed by atoms with Crippen LogP contribution in [-0.2, 0) is 24.0 Å². The van der Waals surface area contributed by atoms with Gasteiger partial charge in [0, 0.05) is 0 Å². The second kappa shape index (κ2) is 7.34. The highest BCUT2D eigenvalue weighted by Crippen LogP contribution is 2.34. The Hall–Kier alpha value is -1.76. The van der Waals surface area contributed by atoms with Crippen molar-refractivity contribution in [3.8, 4) is 0 Å². The van der Waals surface area contributed by atoms with Crippen molar-refractivity contribution in [2.24, 2.45) is 0 Å². The van der Waals surface area contributed by atoms with Gasteiger partial charge in [0.05, 0.1) is 6.61 Å². The predicted octanol–water partition coefficient (Wildman–Crippen LogP) is 1.20. The third-order valence-corrected chi connectivity index (χ3v) is 5.92. The lowest BCUT2D eigenvalue weighted by atomic mass is 9.85. The number of ether oxygens (including phenoxy) is 1. The van der Waals surface area contributed by atoms with Crippen LogP contribution in [0.3, 0.4) is 0 Å². The molecule has 1 aliphatic carbocycles. The first-order chi connectivity index (χ1) is 13.0. The lowest BCUT2D eigenvalue weighted by molar-refractivity contribution is -0.231. The zero-order valence-electron chi connectivity index (χ0n) is 15.4. The fourth-order valence-corrected chi connectivity index (χ4v) is 4.01. The Morgan fingerprint density at radius 2 is 1.70 bits per heavy atom. The normalized spacial score (nSPS) is 29.9. The van der Waals surface area contributed by atoms with Crippen LogP contribution in [0.25, 0.3) is 0 Å². The van der Waals surface area contributed by atoms with E-state index in [0.29, 0.717) is 0 Å². The van der Waals surface area contributed by atoms with Crippen LogP contribution in [0.1, 0.15) is 39.5 Å². The maximum Gasteiger partial charge on any atom is 0.113 e. The van der Waals surface area contributed by atoms with Crippen LogP contribution in [0.5, 0.6) is 0 Å². The highest BCUT2D eigenvalue weighted by molar-refractivity contribution is 5.42. The summed E-state index contributed by atoms with van der Waals surface area (Å²) in [6, 6.07) is 12.5. The number of aliphatic hydroxyl groups is 4. The minimum absolute atomic E-state index is 0.421. The zero-order valence-corrected chi connectivity index (χ0v) is 15.4. The Bertz CT molecular complexity index is 831. The number of aliphatic hydroxyl groups excluding tert-OH is 4. The Balaban J connectivity index is 1.60. The van der Waals surface area contributed by atoms with Gasteiger partial charge in [-0.2, -0.15) is 0 Å². The third-order valence-electron chi connectivity index (χ3n) is 5.92. The average Bonchev–Trinajstić information content (AvgIpc) is 2.64. The summed E-state index contributed by atoms with van der Waals surface area (Å²) in [6.45, 7) is 1.63. The summed E-state index contributed by atoms with van der Waals surface area (Å²) in [5.74, 6) is 0. The molecule has 4 N–H and O–H groups in total. The highest BCUT2D eigenvalue weighted by atomic mass is 16.5. The van der Waals surface area contributed by atoms with E-state index in [1.165, 1.54) is 23.1 Å². The second-order valence-corrected chi connectivity index (χ2v) is 7.72. The van der Waals surface area contributed by atoms with E-state index in [2.05, 4.69) is 18.2 Å². The molecule has 4 rings (SSSR count). The van der Waals surface area contributed by atoms with Crippen LogP contribution >= 0.6 is 0 Å². The van der Waals surface area contributed by atoms with E-state index in [4.69, 9.17) is 4.74 Å². The molecule has 1 fully saturated rings. The number of rotatable bonds is 4. The zero-order chi connectivity index (χ0) is 19.1. The smallest absolute Gasteiger partial charge is 0.113 e. The Morgan fingerprint density at radius 1 is 0.926 bits per heavy atom. The fourth-order valence-electron chi connectivity index (χ4n) is 4.01. The first-order valence-corrected chi connectivity index (χ1v) is 9.48. The lowest BCUT2D eigenvalue weighted by Gasteiger charge is -2.40. The van der Waals surface area contributed by atoms with Crippen LogP contribution in [0.4, 0.5) is 0 Å². The molecule has 2 aliphatic rings. The minimum atomic E-state index is -1.36. The molecule has 5 atom stereocenters. The molecule has 2 aromatic carbocycles. The summed E-state index contributed by atoms with van der Waals surface area (Å²) >= 11 is 0. The number of fused-ring (bicyclic) bond motifs is 1. The summed E-state index contributed by atoms with van der Waals surface area (Å²) in [6.07, 6.45) is -2.55. The molecule has 2 aromatic rings. The number of hydrogen-bond acceptors (Lipinski definition) is 5. The molecule has 0 spiro atoms. The molecule has 1 aliphatic heterocycles. The van der Waals surface area contributed by atoms with Gasteiger partial charge >= 0.3 is 0 Å². The monoisotopic (exact) mass is 370 g/mol. The molecule has 5 nitrogen and oxygen atoms in total. The van der Waals surface area contributed by atoms with Crippen molar-refractivity contribution < 1.29 is 25.2 Å². The molecule has 1 saturated heterocycles. The van der Waals surface area contributed by atoms with E-state index in [1.54, 1.807) is 0 Å². The standard InChI is InChI=1S/C22H26O5/c1-12-2-4-16(22-21(26)20(25)19(24)18(11-23)27-22)10-17(12)9-13-3-5-14-6-7-15(14)8-13/h2-5,8,10,18-26H,6-7,9,11H2,1H3/t18-,19-,20+,21-,22+/m1/s1. The van der Waals surface area contributed by atoms with Crippen LogP contribution in [0, 0.1) is 6.92 Å². The van der Waals surface area contributed by atoms with E-state index < -0.39 is 37.1 Å². The van der Waals surface area contributed by atoms with Gasteiger partial charge in [-0.15, -0.1) is 0 Å². The first kappa shape index (κ1) is 18.6. The van der Waals surface area contributed by atoms with Crippen LogP contribution in [-0.4, -0.2) is 51.4 Å². The fraction of sp³-hybridized carbons (Fsp3) is 0.455. The Morgan fingerprint density at radius 3 is 2.37 bits per heavy atom. The van der Waals surface area contributed by atoms with Gasteiger partial charge in [0.15, 0.2) is 0 Å². The minimum Gasteiger partial charge on any atom is -0.394 e. The number of hydrogen-bond donors (Lipinski definition) is 4. The molecular weight excluding hydrogens is 344 g/mol. The maximum atomic E-state index is 10.4. The predicted molar refractivity (Wildman–Crippen MR) is 101 cm³/mol. The van der Waals surface area contributed by atoms with Crippen molar-refractivity contribution in [1.82, 2.24) is 0 Å². The van der Waals surface area contributed by atoms with E-state index in [0.717, 1.165) is 29.5 Å². The van der Waals surface area contributed by atoms with Crippen LogP contribution in [0.15, 0.2) is 36.4 Å². The van der Waals surface area contributed by atoms with Crippen molar-refractivity contribution in [2.75, 3.05) is 6.61 Å². The van der Waals surface area contributed by atoms with E-state index >= 15 is 0 Å². The summed E-state index contributed by atoms with van der Waals surface area (Å²) in [5, 5.41) is 39.8. The van der Waals surface area contributed by atoms with Gasteiger partial charge in [0.1, 0.15) is 30.5 Å². The van der Waals surface area contributed by atoms with Crippen LogP contribution < -0.4 is 0 Å². The lowest BCUT2D eigenvalue weighted by Crippen LogP contribution is -2.55.